The summed E-state index contributed by atoms with van der Waals surface area (Å²) in [6.07, 6.45) is 1.01. The molecule has 0 unspecified atom stereocenters. The lowest BCUT2D eigenvalue weighted by Gasteiger charge is -2.15. The van der Waals surface area contributed by atoms with Crippen LogP contribution < -0.4 is 11.1 Å². The molecular formula is C10H21N3O. The van der Waals surface area contributed by atoms with Crippen LogP contribution in [0.15, 0.2) is 0 Å². The summed E-state index contributed by atoms with van der Waals surface area (Å²) in [5.74, 6) is 0.632. The van der Waals surface area contributed by atoms with E-state index in [0.29, 0.717) is 12.5 Å². The first-order chi connectivity index (χ1) is 6.58. The SMILES string of the molecule is CC(C)CNC(=O)CN1CC[C@@H](N)C1. The summed E-state index contributed by atoms with van der Waals surface area (Å²) in [6, 6.07) is 0.257. The second-order valence-corrected chi connectivity index (χ2v) is 4.48. The average molecular weight is 199 g/mol. The first-order valence-electron chi connectivity index (χ1n) is 5.32. The van der Waals surface area contributed by atoms with Crippen LogP contribution in [0.2, 0.25) is 0 Å². The summed E-state index contributed by atoms with van der Waals surface area (Å²) in [5.41, 5.74) is 5.75. The summed E-state index contributed by atoms with van der Waals surface area (Å²) in [5, 5.41) is 2.90. The highest BCUT2D eigenvalue weighted by Gasteiger charge is 2.20. The molecule has 1 fully saturated rings. The fraction of sp³-hybridized carbons (Fsp3) is 0.900. The Labute approximate surface area is 85.8 Å². The molecule has 1 rings (SSSR count). The molecule has 4 nitrogen and oxygen atoms in total. The van der Waals surface area contributed by atoms with Crippen LogP contribution in [0, 0.1) is 5.92 Å². The Hall–Kier alpha value is -0.610. The van der Waals surface area contributed by atoms with Crippen molar-refractivity contribution in [3.8, 4) is 0 Å². The first-order valence-corrected chi connectivity index (χ1v) is 5.32. The average Bonchev–Trinajstić information content (AvgIpc) is 2.48. The van der Waals surface area contributed by atoms with Crippen molar-refractivity contribution in [2.75, 3.05) is 26.2 Å². The highest BCUT2D eigenvalue weighted by atomic mass is 16.2. The van der Waals surface area contributed by atoms with E-state index in [-0.39, 0.29) is 11.9 Å². The zero-order valence-corrected chi connectivity index (χ0v) is 9.12. The van der Waals surface area contributed by atoms with E-state index < -0.39 is 0 Å². The molecule has 0 aromatic rings. The van der Waals surface area contributed by atoms with Crippen molar-refractivity contribution >= 4 is 5.91 Å². The molecule has 1 amide bonds. The summed E-state index contributed by atoms with van der Waals surface area (Å²) in [7, 11) is 0. The van der Waals surface area contributed by atoms with Gasteiger partial charge in [-0.15, -0.1) is 0 Å². The summed E-state index contributed by atoms with van der Waals surface area (Å²) in [6.45, 7) is 7.25. The molecule has 1 saturated heterocycles. The topological polar surface area (TPSA) is 58.4 Å². The van der Waals surface area contributed by atoms with Gasteiger partial charge in [-0.3, -0.25) is 9.69 Å². The quantitative estimate of drug-likeness (QED) is 0.659. The highest BCUT2D eigenvalue weighted by Crippen LogP contribution is 2.05. The van der Waals surface area contributed by atoms with Crippen molar-refractivity contribution in [1.29, 1.82) is 0 Å². The molecule has 0 radical (unpaired) electrons. The van der Waals surface area contributed by atoms with Gasteiger partial charge in [0.05, 0.1) is 6.54 Å². The van der Waals surface area contributed by atoms with Crippen LogP contribution in [0.5, 0.6) is 0 Å². The number of nitrogens with two attached hydrogens (primary N) is 1. The zero-order valence-electron chi connectivity index (χ0n) is 9.12. The lowest BCUT2D eigenvalue weighted by Crippen LogP contribution is -2.38. The van der Waals surface area contributed by atoms with Gasteiger partial charge in [0, 0.05) is 25.7 Å². The fourth-order valence-electron chi connectivity index (χ4n) is 1.58. The van der Waals surface area contributed by atoms with Gasteiger partial charge in [0.25, 0.3) is 0 Å². The van der Waals surface area contributed by atoms with Gasteiger partial charge in [0.15, 0.2) is 0 Å². The van der Waals surface area contributed by atoms with Gasteiger partial charge in [0.1, 0.15) is 0 Å². The fourth-order valence-corrected chi connectivity index (χ4v) is 1.58. The molecule has 3 N–H and O–H groups in total. The first kappa shape index (κ1) is 11.5. The Morgan fingerprint density at radius 3 is 2.86 bits per heavy atom. The number of hydrogen-bond acceptors (Lipinski definition) is 3. The maximum absolute atomic E-state index is 11.4. The smallest absolute Gasteiger partial charge is 0.234 e. The third kappa shape index (κ3) is 4.07. The standard InChI is InChI=1S/C10H21N3O/c1-8(2)5-12-10(14)7-13-4-3-9(11)6-13/h8-9H,3-7,11H2,1-2H3,(H,12,14)/t9-/m1/s1. The lowest BCUT2D eigenvalue weighted by atomic mass is 10.2. The van der Waals surface area contributed by atoms with E-state index in [1.54, 1.807) is 0 Å². The number of nitrogens with one attached hydrogen (secondary N) is 1. The predicted molar refractivity (Wildman–Crippen MR) is 56.9 cm³/mol. The number of hydrogen-bond donors (Lipinski definition) is 2. The van der Waals surface area contributed by atoms with Crippen molar-refractivity contribution in [3.05, 3.63) is 0 Å². The van der Waals surface area contributed by atoms with E-state index in [4.69, 9.17) is 5.73 Å². The number of amides is 1. The van der Waals surface area contributed by atoms with Crippen LogP contribution in [-0.4, -0.2) is 43.0 Å². The van der Waals surface area contributed by atoms with Crippen LogP contribution in [0.25, 0.3) is 0 Å². The number of nitrogens with zero attached hydrogens (tertiary/aromatic N) is 1. The number of rotatable bonds is 4. The van der Waals surface area contributed by atoms with Crippen LogP contribution >= 0.6 is 0 Å². The van der Waals surface area contributed by atoms with Crippen molar-refractivity contribution in [2.24, 2.45) is 11.7 Å². The third-order valence-corrected chi connectivity index (χ3v) is 2.38. The maximum Gasteiger partial charge on any atom is 0.234 e. The van der Waals surface area contributed by atoms with E-state index in [9.17, 15) is 4.79 Å². The summed E-state index contributed by atoms with van der Waals surface area (Å²) in [4.78, 5) is 13.5. The third-order valence-electron chi connectivity index (χ3n) is 2.38. The molecule has 82 valence electrons. The maximum atomic E-state index is 11.4. The molecule has 14 heavy (non-hydrogen) atoms. The van der Waals surface area contributed by atoms with Crippen molar-refractivity contribution in [3.63, 3.8) is 0 Å². The van der Waals surface area contributed by atoms with Crippen molar-refractivity contribution < 1.29 is 4.79 Å². The van der Waals surface area contributed by atoms with Crippen LogP contribution in [-0.2, 0) is 4.79 Å². The molecule has 0 aromatic carbocycles. The van der Waals surface area contributed by atoms with Crippen LogP contribution in [0.1, 0.15) is 20.3 Å². The molecular weight excluding hydrogens is 178 g/mol. The second kappa shape index (κ2) is 5.32. The van der Waals surface area contributed by atoms with Crippen molar-refractivity contribution in [2.45, 2.75) is 26.3 Å². The Kier molecular flexibility index (Phi) is 4.35. The van der Waals surface area contributed by atoms with Gasteiger partial charge in [-0.1, -0.05) is 13.8 Å². The molecule has 1 aliphatic rings. The van der Waals surface area contributed by atoms with E-state index in [1.165, 1.54) is 0 Å². The van der Waals surface area contributed by atoms with E-state index in [1.807, 2.05) is 0 Å². The van der Waals surface area contributed by atoms with Gasteiger partial charge < -0.3 is 11.1 Å². The minimum Gasteiger partial charge on any atom is -0.355 e. The molecule has 0 spiro atoms. The Bertz CT molecular complexity index is 194. The van der Waals surface area contributed by atoms with Crippen LogP contribution in [0.4, 0.5) is 0 Å². The van der Waals surface area contributed by atoms with E-state index in [0.717, 1.165) is 26.1 Å². The monoisotopic (exact) mass is 199 g/mol. The van der Waals surface area contributed by atoms with Gasteiger partial charge in [0.2, 0.25) is 5.91 Å². The zero-order chi connectivity index (χ0) is 10.6. The van der Waals surface area contributed by atoms with E-state index in [2.05, 4.69) is 24.1 Å². The summed E-state index contributed by atoms with van der Waals surface area (Å²) < 4.78 is 0. The number of carbonyl (C=O) groups is 1. The molecule has 1 atom stereocenters. The largest absolute Gasteiger partial charge is 0.355 e. The molecule has 0 bridgehead atoms. The Balaban J connectivity index is 2.14. The van der Waals surface area contributed by atoms with Gasteiger partial charge >= 0.3 is 0 Å². The van der Waals surface area contributed by atoms with Gasteiger partial charge in [-0.25, -0.2) is 0 Å². The number of likely N-dealkylation sites (tertiary alicyclic amines) is 1. The van der Waals surface area contributed by atoms with E-state index >= 15 is 0 Å². The highest BCUT2D eigenvalue weighted by molar-refractivity contribution is 5.78. The molecule has 0 aromatic heterocycles. The molecule has 1 heterocycles. The molecule has 0 aliphatic carbocycles. The molecule has 4 heteroatoms. The summed E-state index contributed by atoms with van der Waals surface area (Å²) >= 11 is 0. The van der Waals surface area contributed by atoms with Gasteiger partial charge in [-0.05, 0) is 12.3 Å². The molecule has 0 saturated carbocycles. The minimum atomic E-state index is 0.118. The Morgan fingerprint density at radius 2 is 2.36 bits per heavy atom. The lowest BCUT2D eigenvalue weighted by molar-refractivity contribution is -0.122. The van der Waals surface area contributed by atoms with Crippen molar-refractivity contribution in [1.82, 2.24) is 10.2 Å². The minimum absolute atomic E-state index is 0.118. The Morgan fingerprint density at radius 1 is 1.64 bits per heavy atom. The number of carbonyl (C=O) groups excluding carboxylic acids is 1. The normalized spacial score (nSPS) is 23.0. The second-order valence-electron chi connectivity index (χ2n) is 4.48. The molecule has 1 aliphatic heterocycles. The predicted octanol–water partition coefficient (Wildman–Crippen LogP) is -0.208. The van der Waals surface area contributed by atoms with Gasteiger partial charge in [-0.2, -0.15) is 0 Å². The van der Waals surface area contributed by atoms with Crippen LogP contribution in [0.3, 0.4) is 0 Å².